The second-order valence-electron chi connectivity index (χ2n) is 3.12. The standard InChI is InChI=1S/C10H15NO/c1-7(2)10-8(11)5-4-6-9(10)12-3/h4-7H,11H2,1-3H3. The fourth-order valence-corrected chi connectivity index (χ4v) is 1.36. The first-order valence-electron chi connectivity index (χ1n) is 4.09. The molecule has 0 aliphatic rings. The van der Waals surface area contributed by atoms with Gasteiger partial charge in [-0.05, 0) is 18.1 Å². The Hall–Kier alpha value is -1.18. The highest BCUT2D eigenvalue weighted by molar-refractivity contribution is 5.55. The van der Waals surface area contributed by atoms with E-state index >= 15 is 0 Å². The van der Waals surface area contributed by atoms with Crippen LogP contribution in [-0.4, -0.2) is 7.11 Å². The van der Waals surface area contributed by atoms with Gasteiger partial charge in [0.25, 0.3) is 0 Å². The Labute approximate surface area is 73.3 Å². The second kappa shape index (κ2) is 3.48. The number of nitrogens with two attached hydrogens (primary N) is 1. The molecule has 0 amide bonds. The molecule has 2 heteroatoms. The molecule has 0 aliphatic carbocycles. The van der Waals surface area contributed by atoms with E-state index in [1.165, 1.54) is 0 Å². The maximum atomic E-state index is 5.82. The first-order valence-corrected chi connectivity index (χ1v) is 4.09. The molecule has 12 heavy (non-hydrogen) atoms. The van der Waals surface area contributed by atoms with Crippen molar-refractivity contribution >= 4 is 5.69 Å². The van der Waals surface area contributed by atoms with E-state index in [-0.39, 0.29) is 0 Å². The summed E-state index contributed by atoms with van der Waals surface area (Å²) in [6.45, 7) is 4.21. The zero-order valence-electron chi connectivity index (χ0n) is 7.79. The van der Waals surface area contributed by atoms with Crippen LogP contribution in [0.5, 0.6) is 5.75 Å². The quantitative estimate of drug-likeness (QED) is 0.683. The predicted molar refractivity (Wildman–Crippen MR) is 51.5 cm³/mol. The highest BCUT2D eigenvalue weighted by Gasteiger charge is 2.09. The molecule has 1 rings (SSSR count). The van der Waals surface area contributed by atoms with Crippen molar-refractivity contribution in [1.29, 1.82) is 0 Å². The molecule has 1 aromatic carbocycles. The van der Waals surface area contributed by atoms with Crippen LogP contribution in [0.25, 0.3) is 0 Å². The summed E-state index contributed by atoms with van der Waals surface area (Å²) in [6.07, 6.45) is 0. The third kappa shape index (κ3) is 1.52. The highest BCUT2D eigenvalue weighted by atomic mass is 16.5. The van der Waals surface area contributed by atoms with Crippen LogP contribution in [0.3, 0.4) is 0 Å². The van der Waals surface area contributed by atoms with Gasteiger partial charge in [0.1, 0.15) is 5.75 Å². The van der Waals surface area contributed by atoms with E-state index in [0.717, 1.165) is 17.0 Å². The summed E-state index contributed by atoms with van der Waals surface area (Å²) in [7, 11) is 1.67. The summed E-state index contributed by atoms with van der Waals surface area (Å²) in [4.78, 5) is 0. The summed E-state index contributed by atoms with van der Waals surface area (Å²) < 4.78 is 5.21. The number of benzene rings is 1. The van der Waals surface area contributed by atoms with Gasteiger partial charge in [0, 0.05) is 11.3 Å². The summed E-state index contributed by atoms with van der Waals surface area (Å²) in [5, 5.41) is 0. The van der Waals surface area contributed by atoms with E-state index in [2.05, 4.69) is 13.8 Å². The van der Waals surface area contributed by atoms with Crippen LogP contribution in [-0.2, 0) is 0 Å². The SMILES string of the molecule is COc1cccc(N)c1C(C)C. The maximum absolute atomic E-state index is 5.82. The zero-order valence-corrected chi connectivity index (χ0v) is 7.79. The molecule has 2 N–H and O–H groups in total. The molecule has 0 aromatic heterocycles. The number of anilines is 1. The Morgan fingerprint density at radius 3 is 2.42 bits per heavy atom. The van der Waals surface area contributed by atoms with Gasteiger partial charge in [0.15, 0.2) is 0 Å². The van der Waals surface area contributed by atoms with E-state index < -0.39 is 0 Å². The second-order valence-corrected chi connectivity index (χ2v) is 3.12. The third-order valence-corrected chi connectivity index (χ3v) is 1.90. The van der Waals surface area contributed by atoms with Crippen molar-refractivity contribution in [1.82, 2.24) is 0 Å². The molecule has 0 saturated heterocycles. The van der Waals surface area contributed by atoms with E-state index in [4.69, 9.17) is 10.5 Å². The molecule has 0 heterocycles. The number of hydrogen-bond acceptors (Lipinski definition) is 2. The fourth-order valence-electron chi connectivity index (χ4n) is 1.36. The predicted octanol–water partition coefficient (Wildman–Crippen LogP) is 2.40. The molecular weight excluding hydrogens is 150 g/mol. The van der Waals surface area contributed by atoms with Crippen molar-refractivity contribution in [2.75, 3.05) is 12.8 Å². The molecule has 0 aliphatic heterocycles. The largest absolute Gasteiger partial charge is 0.496 e. The first kappa shape index (κ1) is 8.91. The van der Waals surface area contributed by atoms with Gasteiger partial charge >= 0.3 is 0 Å². The molecule has 2 nitrogen and oxygen atoms in total. The van der Waals surface area contributed by atoms with Gasteiger partial charge in [-0.1, -0.05) is 19.9 Å². The van der Waals surface area contributed by atoms with Crippen LogP contribution in [0.15, 0.2) is 18.2 Å². The normalized spacial score (nSPS) is 10.3. The third-order valence-electron chi connectivity index (χ3n) is 1.90. The van der Waals surface area contributed by atoms with Crippen molar-refractivity contribution in [2.45, 2.75) is 19.8 Å². The lowest BCUT2D eigenvalue weighted by Crippen LogP contribution is -1.99. The molecule has 0 atom stereocenters. The van der Waals surface area contributed by atoms with Crippen LogP contribution < -0.4 is 10.5 Å². The molecule has 1 aromatic rings. The lowest BCUT2D eigenvalue weighted by atomic mass is 10.0. The van der Waals surface area contributed by atoms with Crippen molar-refractivity contribution in [3.8, 4) is 5.75 Å². The lowest BCUT2D eigenvalue weighted by Gasteiger charge is -2.13. The summed E-state index contributed by atoms with van der Waals surface area (Å²) in [5.41, 5.74) is 7.72. The number of ether oxygens (including phenoxy) is 1. The average Bonchev–Trinajstić information content (AvgIpc) is 2.03. The average molecular weight is 165 g/mol. The smallest absolute Gasteiger partial charge is 0.124 e. The van der Waals surface area contributed by atoms with Crippen LogP contribution in [0, 0.1) is 0 Å². The van der Waals surface area contributed by atoms with E-state index in [1.807, 2.05) is 18.2 Å². The summed E-state index contributed by atoms with van der Waals surface area (Å²) in [5.74, 6) is 1.28. The van der Waals surface area contributed by atoms with Crippen molar-refractivity contribution in [2.24, 2.45) is 0 Å². The maximum Gasteiger partial charge on any atom is 0.124 e. The van der Waals surface area contributed by atoms with Crippen LogP contribution >= 0.6 is 0 Å². The molecule has 0 saturated carbocycles. The fraction of sp³-hybridized carbons (Fsp3) is 0.400. The molecule has 0 fully saturated rings. The topological polar surface area (TPSA) is 35.2 Å². The van der Waals surface area contributed by atoms with E-state index in [9.17, 15) is 0 Å². The summed E-state index contributed by atoms with van der Waals surface area (Å²) >= 11 is 0. The minimum Gasteiger partial charge on any atom is -0.496 e. The molecule has 66 valence electrons. The Kier molecular flexibility index (Phi) is 2.58. The molecule has 0 spiro atoms. The van der Waals surface area contributed by atoms with E-state index in [1.54, 1.807) is 7.11 Å². The molecule has 0 radical (unpaired) electrons. The van der Waals surface area contributed by atoms with Gasteiger partial charge in [0.2, 0.25) is 0 Å². The van der Waals surface area contributed by atoms with Gasteiger partial charge in [0.05, 0.1) is 7.11 Å². The molecule has 0 bridgehead atoms. The first-order chi connectivity index (χ1) is 5.66. The Morgan fingerprint density at radius 2 is 2.00 bits per heavy atom. The Morgan fingerprint density at radius 1 is 1.33 bits per heavy atom. The summed E-state index contributed by atoms with van der Waals surface area (Å²) in [6, 6.07) is 5.74. The lowest BCUT2D eigenvalue weighted by molar-refractivity contribution is 0.408. The number of nitrogen functional groups attached to an aromatic ring is 1. The number of hydrogen-bond donors (Lipinski definition) is 1. The molecule has 0 unspecified atom stereocenters. The van der Waals surface area contributed by atoms with Crippen molar-refractivity contribution < 1.29 is 4.74 Å². The van der Waals surface area contributed by atoms with Crippen LogP contribution in [0.4, 0.5) is 5.69 Å². The minimum atomic E-state index is 0.404. The van der Waals surface area contributed by atoms with Gasteiger partial charge in [-0.25, -0.2) is 0 Å². The molecular formula is C10H15NO. The zero-order chi connectivity index (χ0) is 9.14. The highest BCUT2D eigenvalue weighted by Crippen LogP contribution is 2.30. The number of rotatable bonds is 2. The monoisotopic (exact) mass is 165 g/mol. The van der Waals surface area contributed by atoms with Gasteiger partial charge in [-0.2, -0.15) is 0 Å². The van der Waals surface area contributed by atoms with Gasteiger partial charge < -0.3 is 10.5 Å². The Balaban J connectivity index is 3.20. The van der Waals surface area contributed by atoms with Gasteiger partial charge in [-0.15, -0.1) is 0 Å². The van der Waals surface area contributed by atoms with E-state index in [0.29, 0.717) is 5.92 Å². The van der Waals surface area contributed by atoms with Crippen LogP contribution in [0.1, 0.15) is 25.3 Å². The Bertz CT molecular complexity index is 269. The van der Waals surface area contributed by atoms with Crippen molar-refractivity contribution in [3.05, 3.63) is 23.8 Å². The number of methoxy groups -OCH3 is 1. The van der Waals surface area contributed by atoms with Crippen LogP contribution in [0.2, 0.25) is 0 Å². The van der Waals surface area contributed by atoms with Gasteiger partial charge in [-0.3, -0.25) is 0 Å². The van der Waals surface area contributed by atoms with Crippen molar-refractivity contribution in [3.63, 3.8) is 0 Å². The minimum absolute atomic E-state index is 0.404.